The first-order chi connectivity index (χ1) is 4.34. The highest BCUT2D eigenvalue weighted by Gasteiger charge is 2.30. The molecular formula is C4H3BrClIO3. The van der Waals surface area contributed by atoms with E-state index < -0.39 is 20.0 Å². The maximum absolute atomic E-state index is 10.7. The van der Waals surface area contributed by atoms with E-state index in [1.165, 1.54) is 0 Å². The Bertz CT molecular complexity index is 164. The van der Waals surface area contributed by atoms with Gasteiger partial charge in [0.2, 0.25) is 1.79 Å². The minimum Gasteiger partial charge on any atom is -0.481 e. The molecular weight excluding hydrogens is 338 g/mol. The van der Waals surface area contributed by atoms with E-state index in [2.05, 4.69) is 15.9 Å². The van der Waals surface area contributed by atoms with Crippen molar-refractivity contribution in [3.63, 3.8) is 0 Å². The van der Waals surface area contributed by atoms with Crippen LogP contribution in [0.1, 0.15) is 6.42 Å². The number of Topliss-reactive ketones (excluding diaryl/α,β-unsaturated/α-hetero) is 1. The monoisotopic (exact) mass is 340 g/mol. The fourth-order valence-electron chi connectivity index (χ4n) is 0.238. The van der Waals surface area contributed by atoms with Crippen LogP contribution in [0.3, 0.4) is 0 Å². The average Bonchev–Trinajstić information content (AvgIpc) is 1.60. The van der Waals surface area contributed by atoms with Crippen molar-refractivity contribution < 1.29 is 14.7 Å². The van der Waals surface area contributed by atoms with E-state index in [0.717, 1.165) is 0 Å². The summed E-state index contributed by atoms with van der Waals surface area (Å²) in [4.78, 5) is 20.7. The van der Waals surface area contributed by atoms with E-state index in [9.17, 15) is 9.59 Å². The maximum atomic E-state index is 10.7. The van der Waals surface area contributed by atoms with Gasteiger partial charge in [0, 0.05) is 0 Å². The molecule has 0 aliphatic carbocycles. The number of carbonyl (C=O) groups is 2. The highest BCUT2D eigenvalue weighted by molar-refractivity contribution is 14.1. The third-order valence-electron chi connectivity index (χ3n) is 0.628. The molecule has 0 saturated heterocycles. The van der Waals surface area contributed by atoms with Gasteiger partial charge in [0.05, 0.1) is 0 Å². The van der Waals surface area contributed by atoms with Gasteiger partial charge in [0.15, 0.2) is 5.78 Å². The molecule has 0 rings (SSSR count). The lowest BCUT2D eigenvalue weighted by Crippen LogP contribution is -2.20. The molecule has 0 amide bonds. The molecule has 0 bridgehead atoms. The first-order valence-corrected chi connectivity index (χ1v) is 4.41. The second kappa shape index (κ2) is 3.87. The molecule has 0 spiro atoms. The van der Waals surface area contributed by atoms with Gasteiger partial charge in [-0.05, 0) is 38.5 Å². The van der Waals surface area contributed by atoms with Gasteiger partial charge in [-0.15, -0.1) is 0 Å². The number of carboxylic acids is 1. The van der Waals surface area contributed by atoms with E-state index in [-0.39, 0.29) is 0 Å². The van der Waals surface area contributed by atoms with Gasteiger partial charge in [-0.25, -0.2) is 0 Å². The van der Waals surface area contributed by atoms with Crippen molar-refractivity contribution in [3.05, 3.63) is 0 Å². The number of rotatable bonds is 3. The highest BCUT2D eigenvalue weighted by atomic mass is 127. The van der Waals surface area contributed by atoms with Crippen molar-refractivity contribution in [1.29, 1.82) is 0 Å². The summed E-state index contributed by atoms with van der Waals surface area (Å²) in [5.41, 5.74) is 0. The van der Waals surface area contributed by atoms with Gasteiger partial charge in [-0.2, -0.15) is 0 Å². The third-order valence-corrected chi connectivity index (χ3v) is 1.88. The number of ketones is 1. The Morgan fingerprint density at radius 2 is 2.10 bits per heavy atom. The summed E-state index contributed by atoms with van der Waals surface area (Å²) in [6, 6.07) is 0. The Morgan fingerprint density at radius 3 is 2.20 bits per heavy atom. The van der Waals surface area contributed by atoms with Crippen LogP contribution in [0, 0.1) is 0 Å². The summed E-state index contributed by atoms with van der Waals surface area (Å²) >= 11 is 9.83. The lowest BCUT2D eigenvalue weighted by molar-refractivity contribution is -0.139. The molecule has 0 aromatic rings. The van der Waals surface area contributed by atoms with Gasteiger partial charge >= 0.3 is 5.97 Å². The Morgan fingerprint density at radius 1 is 1.70 bits per heavy atom. The number of alkyl halides is 3. The number of carbonyl (C=O) groups excluding carboxylic acids is 1. The summed E-state index contributed by atoms with van der Waals surface area (Å²) in [6.07, 6.45) is -0.558. The fraction of sp³-hybridized carbons (Fsp3) is 0.500. The van der Waals surface area contributed by atoms with Crippen LogP contribution >= 0.6 is 50.1 Å². The van der Waals surface area contributed by atoms with Crippen LogP contribution in [0.25, 0.3) is 0 Å². The molecule has 0 saturated carbocycles. The van der Waals surface area contributed by atoms with Crippen LogP contribution in [-0.2, 0) is 9.59 Å². The summed E-state index contributed by atoms with van der Waals surface area (Å²) in [6.45, 7) is 0. The third kappa shape index (κ3) is 4.45. The molecule has 0 aromatic carbocycles. The predicted octanol–water partition coefficient (Wildman–Crippen LogP) is 1.75. The van der Waals surface area contributed by atoms with Crippen molar-refractivity contribution in [3.8, 4) is 0 Å². The van der Waals surface area contributed by atoms with Crippen molar-refractivity contribution in [2.45, 2.75) is 8.21 Å². The zero-order chi connectivity index (χ0) is 8.36. The minimum atomic E-state index is -1.27. The summed E-state index contributed by atoms with van der Waals surface area (Å²) < 4.78 is -1.27. The van der Waals surface area contributed by atoms with Crippen LogP contribution in [0.5, 0.6) is 0 Å². The molecule has 0 heterocycles. The lowest BCUT2D eigenvalue weighted by atomic mass is 10.3. The summed E-state index contributed by atoms with van der Waals surface area (Å²) in [5, 5.41) is 8.14. The van der Waals surface area contributed by atoms with Gasteiger partial charge in [-0.3, -0.25) is 9.59 Å². The number of hydrogen-bond acceptors (Lipinski definition) is 2. The predicted molar refractivity (Wildman–Crippen MR) is 48.8 cm³/mol. The van der Waals surface area contributed by atoms with Gasteiger partial charge in [0.25, 0.3) is 0 Å². The van der Waals surface area contributed by atoms with Crippen LogP contribution in [0.15, 0.2) is 0 Å². The Balaban J connectivity index is 3.99. The van der Waals surface area contributed by atoms with E-state index in [0.29, 0.717) is 0 Å². The summed E-state index contributed by atoms with van der Waals surface area (Å²) in [7, 11) is 0. The molecule has 0 aliphatic heterocycles. The standard InChI is InChI=1S/C4H3BrClIO3/c5-4(6,7)2(8)1-3(9)10/h1H2,(H,9,10). The number of carboxylic acid groups (broad SMARTS) is 1. The molecule has 0 aromatic heterocycles. The molecule has 10 heavy (non-hydrogen) atoms. The molecule has 58 valence electrons. The van der Waals surface area contributed by atoms with Crippen molar-refractivity contribution in [2.75, 3.05) is 0 Å². The Kier molecular flexibility index (Phi) is 4.12. The first kappa shape index (κ1) is 10.6. The first-order valence-electron chi connectivity index (χ1n) is 2.16. The largest absolute Gasteiger partial charge is 0.481 e. The number of halogens is 3. The SMILES string of the molecule is O=C(O)CC(=O)C(Cl)(Br)I. The Labute approximate surface area is 84.4 Å². The highest BCUT2D eigenvalue weighted by Crippen LogP contribution is 2.33. The molecule has 0 fully saturated rings. The van der Waals surface area contributed by atoms with Crippen molar-refractivity contribution in [1.82, 2.24) is 0 Å². The summed E-state index contributed by atoms with van der Waals surface area (Å²) in [5.74, 6) is -1.74. The average molecular weight is 341 g/mol. The molecule has 1 unspecified atom stereocenters. The van der Waals surface area contributed by atoms with E-state index in [1.54, 1.807) is 22.6 Å². The molecule has 0 aliphatic rings. The van der Waals surface area contributed by atoms with Gasteiger partial charge < -0.3 is 5.11 Å². The second-order valence-corrected chi connectivity index (χ2v) is 7.44. The number of aliphatic carboxylic acids is 1. The van der Waals surface area contributed by atoms with Crippen LogP contribution in [0.4, 0.5) is 0 Å². The maximum Gasteiger partial charge on any atom is 0.311 e. The smallest absolute Gasteiger partial charge is 0.311 e. The quantitative estimate of drug-likeness (QED) is 0.483. The topological polar surface area (TPSA) is 54.4 Å². The molecule has 3 nitrogen and oxygen atoms in total. The minimum absolute atomic E-state index is 0.558. The van der Waals surface area contributed by atoms with Crippen molar-refractivity contribution in [2.24, 2.45) is 0 Å². The molecule has 1 N–H and O–H groups in total. The van der Waals surface area contributed by atoms with Gasteiger partial charge in [-0.1, -0.05) is 11.6 Å². The van der Waals surface area contributed by atoms with Gasteiger partial charge in [0.1, 0.15) is 6.42 Å². The molecule has 0 radical (unpaired) electrons. The lowest BCUT2D eigenvalue weighted by Gasteiger charge is -2.06. The normalized spacial score (nSPS) is 15.9. The zero-order valence-electron chi connectivity index (χ0n) is 4.60. The van der Waals surface area contributed by atoms with Crippen LogP contribution < -0.4 is 0 Å². The molecule has 1 atom stereocenters. The van der Waals surface area contributed by atoms with E-state index in [1.807, 2.05) is 0 Å². The molecule has 6 heteroatoms. The Hall–Kier alpha value is 0.640. The van der Waals surface area contributed by atoms with E-state index >= 15 is 0 Å². The number of hydrogen-bond donors (Lipinski definition) is 1. The van der Waals surface area contributed by atoms with Crippen LogP contribution in [0.2, 0.25) is 0 Å². The fourth-order valence-corrected chi connectivity index (χ4v) is 0.635. The zero-order valence-corrected chi connectivity index (χ0v) is 9.10. The van der Waals surface area contributed by atoms with Crippen molar-refractivity contribution >= 4 is 61.9 Å². The van der Waals surface area contributed by atoms with E-state index in [4.69, 9.17) is 16.7 Å². The second-order valence-electron chi connectivity index (χ2n) is 1.49. The van der Waals surface area contributed by atoms with Crippen LogP contribution in [-0.4, -0.2) is 18.6 Å².